The highest BCUT2D eigenvalue weighted by atomic mass is 79.9. The van der Waals surface area contributed by atoms with Gasteiger partial charge in [-0.3, -0.25) is 4.79 Å². The molecule has 0 aliphatic heterocycles. The SMILES string of the molecule is CCCCCCCC[N+](C)(C)CCOC(C)=O.Clc1ccccc1.[Br-]. The zero-order chi connectivity index (χ0) is 18.3. The molecule has 5 heteroatoms. The van der Waals surface area contributed by atoms with Crippen LogP contribution in [0.25, 0.3) is 0 Å². The summed E-state index contributed by atoms with van der Waals surface area (Å²) in [6, 6.07) is 9.44. The second kappa shape index (κ2) is 16.9. The van der Waals surface area contributed by atoms with Crippen LogP contribution in [0.4, 0.5) is 0 Å². The van der Waals surface area contributed by atoms with Gasteiger partial charge >= 0.3 is 5.97 Å². The van der Waals surface area contributed by atoms with Gasteiger partial charge in [-0.2, -0.15) is 0 Å². The molecular formula is C20H35BrClNO2. The summed E-state index contributed by atoms with van der Waals surface area (Å²) in [5.41, 5.74) is 0. The number of nitrogens with zero attached hydrogens (tertiary/aromatic N) is 1. The number of rotatable bonds is 10. The molecule has 0 saturated carbocycles. The van der Waals surface area contributed by atoms with Crippen LogP contribution in [0.1, 0.15) is 52.4 Å². The molecule has 0 fully saturated rings. The predicted octanol–water partition coefficient (Wildman–Crippen LogP) is 2.33. The van der Waals surface area contributed by atoms with E-state index in [9.17, 15) is 4.79 Å². The van der Waals surface area contributed by atoms with E-state index in [1.165, 1.54) is 52.0 Å². The molecule has 25 heavy (non-hydrogen) atoms. The topological polar surface area (TPSA) is 26.3 Å². The Morgan fingerprint density at radius 3 is 2.04 bits per heavy atom. The summed E-state index contributed by atoms with van der Waals surface area (Å²) < 4.78 is 5.93. The number of carbonyl (C=O) groups excluding carboxylic acids is 1. The van der Waals surface area contributed by atoms with E-state index in [1.54, 1.807) is 0 Å². The molecule has 0 N–H and O–H groups in total. The molecule has 1 rings (SSSR count). The molecule has 0 aliphatic carbocycles. The summed E-state index contributed by atoms with van der Waals surface area (Å²) in [4.78, 5) is 10.7. The Morgan fingerprint density at radius 2 is 1.56 bits per heavy atom. The van der Waals surface area contributed by atoms with E-state index in [1.807, 2.05) is 30.3 Å². The van der Waals surface area contributed by atoms with Crippen molar-refractivity contribution >= 4 is 17.6 Å². The molecule has 1 aromatic carbocycles. The van der Waals surface area contributed by atoms with Crippen molar-refractivity contribution < 1.29 is 31.0 Å². The van der Waals surface area contributed by atoms with Gasteiger partial charge in [0.25, 0.3) is 0 Å². The number of ether oxygens (including phenoxy) is 1. The van der Waals surface area contributed by atoms with Gasteiger partial charge in [-0.05, 0) is 25.0 Å². The first-order valence-corrected chi connectivity index (χ1v) is 9.41. The third kappa shape index (κ3) is 19.6. The second-order valence-electron chi connectivity index (χ2n) is 6.79. The number of likely N-dealkylation sites (N-methyl/N-ethyl adjacent to an activating group) is 1. The first-order valence-electron chi connectivity index (χ1n) is 9.03. The Hall–Kier alpha value is -0.580. The third-order valence-electron chi connectivity index (χ3n) is 3.85. The summed E-state index contributed by atoms with van der Waals surface area (Å²) in [7, 11) is 4.41. The van der Waals surface area contributed by atoms with Gasteiger partial charge in [-0.15, -0.1) is 0 Å². The number of carbonyl (C=O) groups is 1. The minimum Gasteiger partial charge on any atom is -1.00 e. The number of esters is 1. The van der Waals surface area contributed by atoms with E-state index in [2.05, 4.69) is 21.0 Å². The smallest absolute Gasteiger partial charge is 0.302 e. The lowest BCUT2D eigenvalue weighted by Crippen LogP contribution is -3.00. The summed E-state index contributed by atoms with van der Waals surface area (Å²) >= 11 is 5.54. The van der Waals surface area contributed by atoms with E-state index in [0.717, 1.165) is 16.1 Å². The van der Waals surface area contributed by atoms with Crippen molar-refractivity contribution in [2.75, 3.05) is 33.8 Å². The van der Waals surface area contributed by atoms with Gasteiger partial charge in [0.15, 0.2) is 0 Å². The molecule has 0 radical (unpaired) electrons. The summed E-state index contributed by atoms with van der Waals surface area (Å²) in [6.07, 6.45) is 8.01. The molecule has 0 unspecified atom stereocenters. The molecule has 0 aliphatic rings. The van der Waals surface area contributed by atoms with Crippen LogP contribution >= 0.6 is 11.6 Å². The number of quaternary nitrogens is 1. The summed E-state index contributed by atoms with van der Waals surface area (Å²) in [5, 5.41) is 0.794. The lowest BCUT2D eigenvalue weighted by atomic mass is 10.1. The van der Waals surface area contributed by atoms with Crippen LogP contribution in [-0.4, -0.2) is 44.2 Å². The molecule has 0 saturated heterocycles. The minimum absolute atomic E-state index is 0. The molecule has 0 heterocycles. The van der Waals surface area contributed by atoms with Crippen molar-refractivity contribution in [3.63, 3.8) is 0 Å². The Labute approximate surface area is 170 Å². The molecule has 0 spiro atoms. The number of unbranched alkanes of at least 4 members (excludes halogenated alkanes) is 5. The highest BCUT2D eigenvalue weighted by Gasteiger charge is 2.14. The van der Waals surface area contributed by atoms with Crippen LogP contribution < -0.4 is 17.0 Å². The van der Waals surface area contributed by atoms with Gasteiger partial charge in [0.2, 0.25) is 0 Å². The molecule has 0 atom stereocenters. The van der Waals surface area contributed by atoms with Crippen LogP contribution in [0, 0.1) is 0 Å². The van der Waals surface area contributed by atoms with Gasteiger partial charge in [-0.1, -0.05) is 62.4 Å². The summed E-state index contributed by atoms with van der Waals surface area (Å²) in [5.74, 6) is -0.176. The number of halogens is 2. The summed E-state index contributed by atoms with van der Waals surface area (Å²) in [6.45, 7) is 6.34. The van der Waals surface area contributed by atoms with Gasteiger partial charge < -0.3 is 26.2 Å². The Morgan fingerprint density at radius 1 is 1.00 bits per heavy atom. The predicted molar refractivity (Wildman–Crippen MR) is 103 cm³/mol. The maximum Gasteiger partial charge on any atom is 0.302 e. The van der Waals surface area contributed by atoms with Crippen molar-refractivity contribution in [1.29, 1.82) is 0 Å². The largest absolute Gasteiger partial charge is 1.00 e. The quantitative estimate of drug-likeness (QED) is 0.320. The molecular weight excluding hydrogens is 402 g/mol. The molecule has 1 aromatic rings. The lowest BCUT2D eigenvalue weighted by molar-refractivity contribution is -0.890. The zero-order valence-electron chi connectivity index (χ0n) is 16.3. The normalized spacial score (nSPS) is 10.3. The van der Waals surface area contributed by atoms with Gasteiger partial charge in [0, 0.05) is 11.9 Å². The Bertz CT molecular complexity index is 427. The fraction of sp³-hybridized carbons (Fsp3) is 0.650. The third-order valence-corrected chi connectivity index (χ3v) is 4.10. The first-order chi connectivity index (χ1) is 11.4. The first kappa shape index (κ1) is 26.6. The van der Waals surface area contributed by atoms with Crippen molar-refractivity contribution in [3.8, 4) is 0 Å². The number of benzene rings is 1. The van der Waals surface area contributed by atoms with E-state index >= 15 is 0 Å². The lowest BCUT2D eigenvalue weighted by Gasteiger charge is -2.29. The maximum atomic E-state index is 10.7. The Kier molecular flexibility index (Phi) is 18.0. The van der Waals surface area contributed by atoms with Crippen LogP contribution in [0.15, 0.2) is 30.3 Å². The second-order valence-corrected chi connectivity index (χ2v) is 7.22. The van der Waals surface area contributed by atoms with E-state index in [-0.39, 0.29) is 23.0 Å². The fourth-order valence-electron chi connectivity index (χ4n) is 2.28. The van der Waals surface area contributed by atoms with Crippen molar-refractivity contribution in [3.05, 3.63) is 35.4 Å². The van der Waals surface area contributed by atoms with Crippen LogP contribution in [-0.2, 0) is 9.53 Å². The molecule has 0 aromatic heterocycles. The average Bonchev–Trinajstić information content (AvgIpc) is 2.51. The number of hydrogen-bond donors (Lipinski definition) is 0. The van der Waals surface area contributed by atoms with Gasteiger partial charge in [-0.25, -0.2) is 0 Å². The minimum atomic E-state index is -0.176. The molecule has 146 valence electrons. The van der Waals surface area contributed by atoms with Crippen molar-refractivity contribution in [2.45, 2.75) is 52.4 Å². The van der Waals surface area contributed by atoms with Gasteiger partial charge in [0.05, 0.1) is 20.6 Å². The fourth-order valence-corrected chi connectivity index (χ4v) is 2.43. The highest BCUT2D eigenvalue weighted by molar-refractivity contribution is 6.30. The van der Waals surface area contributed by atoms with Crippen LogP contribution in [0.2, 0.25) is 5.02 Å². The zero-order valence-corrected chi connectivity index (χ0v) is 18.6. The van der Waals surface area contributed by atoms with Crippen molar-refractivity contribution in [1.82, 2.24) is 0 Å². The monoisotopic (exact) mass is 435 g/mol. The Balaban J connectivity index is 0. The molecule has 3 nitrogen and oxygen atoms in total. The molecule has 0 bridgehead atoms. The van der Waals surface area contributed by atoms with E-state index in [0.29, 0.717) is 6.61 Å². The average molecular weight is 437 g/mol. The van der Waals surface area contributed by atoms with Crippen molar-refractivity contribution in [2.24, 2.45) is 0 Å². The van der Waals surface area contributed by atoms with E-state index in [4.69, 9.17) is 16.3 Å². The number of hydrogen-bond acceptors (Lipinski definition) is 2. The van der Waals surface area contributed by atoms with Crippen LogP contribution in [0.3, 0.4) is 0 Å². The standard InChI is InChI=1S/C14H30NO2.C6H5Cl.BrH/c1-5-6-7-8-9-10-11-15(3,4)12-13-17-14(2)16;7-6-4-2-1-3-5-6;/h5-13H2,1-4H3;1-5H;1H/q+1;;/p-1. The van der Waals surface area contributed by atoms with E-state index < -0.39 is 0 Å². The highest BCUT2D eigenvalue weighted by Crippen LogP contribution is 2.08. The van der Waals surface area contributed by atoms with Gasteiger partial charge in [0.1, 0.15) is 13.2 Å². The van der Waals surface area contributed by atoms with Crippen LogP contribution in [0.5, 0.6) is 0 Å². The maximum absolute atomic E-state index is 10.7. The molecule has 0 amide bonds.